The summed E-state index contributed by atoms with van der Waals surface area (Å²) in [7, 11) is 1.83. The first-order chi connectivity index (χ1) is 11.9. The molecule has 3 rings (SSSR count). The number of aliphatic hydroxyl groups is 1. The summed E-state index contributed by atoms with van der Waals surface area (Å²) in [6, 6.07) is 4.66. The molecule has 2 amide bonds. The van der Waals surface area contributed by atoms with Crippen molar-refractivity contribution in [2.24, 2.45) is 7.05 Å². The van der Waals surface area contributed by atoms with E-state index in [1.54, 1.807) is 23.0 Å². The highest BCUT2D eigenvalue weighted by atomic mass is 16.4. The van der Waals surface area contributed by atoms with Crippen LogP contribution in [0.4, 0.5) is 10.5 Å². The van der Waals surface area contributed by atoms with Gasteiger partial charge in [0.1, 0.15) is 11.9 Å². The summed E-state index contributed by atoms with van der Waals surface area (Å²) in [5, 5.41) is 20.8. The lowest BCUT2D eigenvalue weighted by Crippen LogP contribution is -2.37. The van der Waals surface area contributed by atoms with E-state index in [2.05, 4.69) is 20.7 Å². The van der Waals surface area contributed by atoms with Crippen LogP contribution in [0, 0.1) is 6.92 Å². The first-order valence-electron chi connectivity index (χ1n) is 8.02. The van der Waals surface area contributed by atoms with E-state index >= 15 is 0 Å². The van der Waals surface area contributed by atoms with E-state index in [9.17, 15) is 9.90 Å². The summed E-state index contributed by atoms with van der Waals surface area (Å²) in [5.74, 6) is 0.482. The average molecular weight is 343 g/mol. The molecular weight excluding hydrogens is 322 g/mol. The minimum atomic E-state index is -0.763. The Balaban J connectivity index is 1.59. The quantitative estimate of drug-likeness (QED) is 0.660. The van der Waals surface area contributed by atoms with E-state index in [1.165, 1.54) is 6.26 Å². The molecular formula is C17H21N5O3. The van der Waals surface area contributed by atoms with Crippen LogP contribution in [0.1, 0.15) is 30.9 Å². The van der Waals surface area contributed by atoms with Gasteiger partial charge >= 0.3 is 6.03 Å². The molecule has 2 unspecified atom stereocenters. The average Bonchev–Trinajstić information content (AvgIpc) is 3.16. The molecule has 0 radical (unpaired) electrons. The number of furan rings is 1. The third-order valence-corrected chi connectivity index (χ3v) is 3.95. The second-order valence-corrected chi connectivity index (χ2v) is 6.07. The number of urea groups is 1. The number of aromatic nitrogens is 3. The van der Waals surface area contributed by atoms with Crippen molar-refractivity contribution in [1.82, 2.24) is 20.1 Å². The van der Waals surface area contributed by atoms with E-state index in [-0.39, 0.29) is 12.1 Å². The Morgan fingerprint density at radius 1 is 1.48 bits per heavy atom. The molecule has 3 heterocycles. The minimum Gasteiger partial charge on any atom is -0.467 e. The van der Waals surface area contributed by atoms with Gasteiger partial charge < -0.3 is 20.2 Å². The number of hydrogen-bond acceptors (Lipinski definition) is 5. The maximum atomic E-state index is 12.1. The summed E-state index contributed by atoms with van der Waals surface area (Å²) >= 11 is 0. The lowest BCUT2D eigenvalue weighted by Gasteiger charge is -2.17. The van der Waals surface area contributed by atoms with Gasteiger partial charge in [-0.15, -0.1) is 0 Å². The fraction of sp³-hybridized carbons (Fsp3) is 0.353. The number of carbonyl (C=O) groups excluding carboxylic acids is 1. The molecule has 8 nitrogen and oxygen atoms in total. The summed E-state index contributed by atoms with van der Waals surface area (Å²) < 4.78 is 6.86. The van der Waals surface area contributed by atoms with Gasteiger partial charge in [0.05, 0.1) is 23.8 Å². The fourth-order valence-electron chi connectivity index (χ4n) is 2.76. The topological polar surface area (TPSA) is 105 Å². The second-order valence-electron chi connectivity index (χ2n) is 6.07. The third-order valence-electron chi connectivity index (χ3n) is 3.95. The van der Waals surface area contributed by atoms with Crippen LogP contribution in [-0.4, -0.2) is 31.9 Å². The van der Waals surface area contributed by atoms with Crippen LogP contribution in [-0.2, 0) is 7.05 Å². The van der Waals surface area contributed by atoms with Crippen molar-refractivity contribution in [3.05, 3.63) is 42.1 Å². The SMILES string of the molecule is Cc1nn(C)c2ncc(NC(=O)NC(C)CC(O)c3ccco3)cc12. The lowest BCUT2D eigenvalue weighted by atomic mass is 10.1. The van der Waals surface area contributed by atoms with Crippen LogP contribution in [0.15, 0.2) is 35.1 Å². The molecule has 132 valence electrons. The van der Waals surface area contributed by atoms with Crippen LogP contribution in [0.2, 0.25) is 0 Å². The summed E-state index contributed by atoms with van der Waals surface area (Å²) in [6.45, 7) is 3.71. The van der Waals surface area contributed by atoms with Gasteiger partial charge in [-0.05, 0) is 32.0 Å². The summed E-state index contributed by atoms with van der Waals surface area (Å²) in [6.07, 6.45) is 2.68. The molecule has 3 aromatic rings. The number of pyridine rings is 1. The van der Waals surface area contributed by atoms with Crippen LogP contribution in [0.25, 0.3) is 11.0 Å². The number of nitrogens with zero attached hydrogens (tertiary/aromatic N) is 3. The van der Waals surface area contributed by atoms with Gasteiger partial charge in [-0.3, -0.25) is 4.68 Å². The highest BCUT2D eigenvalue weighted by molar-refractivity contribution is 5.92. The molecule has 0 saturated carbocycles. The van der Waals surface area contributed by atoms with E-state index in [0.29, 0.717) is 17.9 Å². The standard InChI is InChI=1S/C17H21N5O3/c1-10(7-14(23)15-5-4-6-25-15)19-17(24)20-12-8-13-11(2)21-22(3)16(13)18-9-12/h4-6,8-10,14,23H,7H2,1-3H3,(H2,19,20,24). The zero-order chi connectivity index (χ0) is 18.0. The van der Waals surface area contributed by atoms with Gasteiger partial charge in [0.15, 0.2) is 5.65 Å². The van der Waals surface area contributed by atoms with Gasteiger partial charge in [0.2, 0.25) is 0 Å². The maximum Gasteiger partial charge on any atom is 0.319 e. The molecule has 0 bridgehead atoms. The first-order valence-corrected chi connectivity index (χ1v) is 8.02. The predicted molar refractivity (Wildman–Crippen MR) is 93.1 cm³/mol. The van der Waals surface area contributed by atoms with Crippen molar-refractivity contribution in [1.29, 1.82) is 0 Å². The predicted octanol–water partition coefficient (Wildman–Crippen LogP) is 2.50. The lowest BCUT2D eigenvalue weighted by molar-refractivity contribution is 0.130. The molecule has 25 heavy (non-hydrogen) atoms. The number of rotatable bonds is 5. The van der Waals surface area contributed by atoms with Crippen molar-refractivity contribution >= 4 is 22.8 Å². The Morgan fingerprint density at radius 2 is 2.28 bits per heavy atom. The molecule has 0 aliphatic heterocycles. The normalized spacial score (nSPS) is 13.6. The molecule has 0 spiro atoms. The van der Waals surface area contributed by atoms with Crippen LogP contribution >= 0.6 is 0 Å². The molecule has 0 aromatic carbocycles. The molecule has 3 N–H and O–H groups in total. The minimum absolute atomic E-state index is 0.239. The van der Waals surface area contributed by atoms with Crippen molar-refractivity contribution in [3.8, 4) is 0 Å². The van der Waals surface area contributed by atoms with Crippen molar-refractivity contribution in [2.45, 2.75) is 32.4 Å². The molecule has 8 heteroatoms. The van der Waals surface area contributed by atoms with Crippen LogP contribution in [0.3, 0.4) is 0 Å². The van der Waals surface area contributed by atoms with Crippen molar-refractivity contribution < 1.29 is 14.3 Å². The van der Waals surface area contributed by atoms with E-state index in [4.69, 9.17) is 4.42 Å². The molecule has 0 fully saturated rings. The Morgan fingerprint density at radius 3 is 3.00 bits per heavy atom. The Hall–Kier alpha value is -2.87. The Kier molecular flexibility index (Phi) is 4.71. The summed E-state index contributed by atoms with van der Waals surface area (Å²) in [5.41, 5.74) is 2.20. The first kappa shape index (κ1) is 17.0. The van der Waals surface area contributed by atoms with Crippen molar-refractivity contribution in [3.63, 3.8) is 0 Å². The largest absolute Gasteiger partial charge is 0.467 e. The highest BCUT2D eigenvalue weighted by Crippen LogP contribution is 2.20. The highest BCUT2D eigenvalue weighted by Gasteiger charge is 2.16. The summed E-state index contributed by atoms with van der Waals surface area (Å²) in [4.78, 5) is 16.5. The molecule has 2 atom stereocenters. The van der Waals surface area contributed by atoms with E-state index in [1.807, 2.05) is 27.0 Å². The molecule has 0 aliphatic rings. The van der Waals surface area contributed by atoms with Gasteiger partial charge in [0, 0.05) is 24.9 Å². The van der Waals surface area contributed by atoms with Gasteiger partial charge in [-0.25, -0.2) is 9.78 Å². The Labute approximate surface area is 144 Å². The second kappa shape index (κ2) is 6.94. The fourth-order valence-corrected chi connectivity index (χ4v) is 2.76. The molecule has 0 aliphatic carbocycles. The number of nitrogens with one attached hydrogen (secondary N) is 2. The van der Waals surface area contributed by atoms with Gasteiger partial charge in [-0.2, -0.15) is 5.10 Å². The van der Waals surface area contributed by atoms with Crippen LogP contribution in [0.5, 0.6) is 0 Å². The number of fused-ring (bicyclic) bond motifs is 1. The Bertz CT molecular complexity index is 872. The zero-order valence-electron chi connectivity index (χ0n) is 14.4. The van der Waals surface area contributed by atoms with Gasteiger partial charge in [0.25, 0.3) is 0 Å². The van der Waals surface area contributed by atoms with Gasteiger partial charge in [-0.1, -0.05) is 0 Å². The van der Waals surface area contributed by atoms with E-state index in [0.717, 1.165) is 16.7 Å². The number of carbonyl (C=O) groups is 1. The zero-order valence-corrected chi connectivity index (χ0v) is 14.4. The number of aryl methyl sites for hydroxylation is 2. The smallest absolute Gasteiger partial charge is 0.319 e. The third kappa shape index (κ3) is 3.80. The van der Waals surface area contributed by atoms with E-state index < -0.39 is 6.10 Å². The monoisotopic (exact) mass is 343 g/mol. The molecule has 3 aromatic heterocycles. The van der Waals surface area contributed by atoms with Crippen molar-refractivity contribution in [2.75, 3.05) is 5.32 Å². The number of aliphatic hydroxyl groups excluding tert-OH is 1. The maximum absolute atomic E-state index is 12.1. The molecule has 0 saturated heterocycles. The number of hydrogen-bond donors (Lipinski definition) is 3. The van der Waals surface area contributed by atoms with Crippen LogP contribution < -0.4 is 10.6 Å². The number of anilines is 1. The number of amides is 2.